The van der Waals surface area contributed by atoms with Crippen LogP contribution in [0.15, 0.2) is 209 Å². The van der Waals surface area contributed by atoms with E-state index in [9.17, 15) is 29.1 Å². The van der Waals surface area contributed by atoms with Crippen LogP contribution in [0.2, 0.25) is 0 Å². The number of hydrogen-bond donors (Lipinski definition) is 1. The lowest BCUT2D eigenvalue weighted by Gasteiger charge is -2.76. The van der Waals surface area contributed by atoms with Crippen LogP contribution in [0.5, 0.6) is 34.5 Å². The van der Waals surface area contributed by atoms with E-state index in [2.05, 4.69) is 12.1 Å². The standard InChI is InChI=1S/C62H64O16S6/c1-6-69-58(64)39-74-45-17-27-50(28-18-45)79-56-13-11-12-14-57(56)84(55-37-15-44(63)16-38-55,80-51-29-19-46(20-30-51)75-40-59(65)70-7-2,81-52-31-21-47(22-32-52)76-41-60(66)71-8-3,82-53-33-23-48(24-34-53)77-42-61(67)72-9-4)83-54-35-25-49(26-36-54)78-43-62(68)73-10-5/h11-38,63H,6-10,39-43H2,1-5H3. The van der Waals surface area contributed by atoms with Crippen molar-refractivity contribution in [2.45, 2.75) is 73.8 Å². The zero-order chi connectivity index (χ0) is 59.9. The second-order valence-electron chi connectivity index (χ2n) is 17.4. The summed E-state index contributed by atoms with van der Waals surface area (Å²) in [5.41, 5.74) is 0. The van der Waals surface area contributed by atoms with Crippen molar-refractivity contribution in [2.75, 3.05) is 66.1 Å². The molecule has 0 amide bonds. The summed E-state index contributed by atoms with van der Waals surface area (Å²) in [6.45, 7) is 8.14. The number of carbonyl (C=O) groups is 5. The Kier molecular flexibility index (Phi) is 23.4. The smallest absolute Gasteiger partial charge is 0.344 e. The Morgan fingerprint density at radius 2 is 0.607 bits per heavy atom. The van der Waals surface area contributed by atoms with Gasteiger partial charge in [-0.25, -0.2) is 24.0 Å². The van der Waals surface area contributed by atoms with Crippen LogP contribution in [-0.4, -0.2) is 101 Å². The fourth-order valence-corrected chi connectivity index (χ4v) is 38.3. The van der Waals surface area contributed by atoms with E-state index < -0.39 is 34.3 Å². The number of rotatable bonds is 32. The van der Waals surface area contributed by atoms with E-state index in [1.165, 1.54) is 11.8 Å². The summed E-state index contributed by atoms with van der Waals surface area (Å²) in [5.74, 6) is -0.424. The fourth-order valence-electron chi connectivity index (χ4n) is 7.91. The Bertz CT molecular complexity index is 3020. The third-order valence-electron chi connectivity index (χ3n) is 11.4. The van der Waals surface area contributed by atoms with Crippen molar-refractivity contribution < 1.29 is 76.4 Å². The van der Waals surface area contributed by atoms with Crippen LogP contribution in [0.25, 0.3) is 0 Å². The number of hydrogen-bond acceptors (Lipinski definition) is 21. The minimum Gasteiger partial charge on any atom is -0.508 e. The van der Waals surface area contributed by atoms with Crippen molar-refractivity contribution in [3.63, 3.8) is 0 Å². The Balaban J connectivity index is 1.57. The van der Waals surface area contributed by atoms with E-state index in [0.29, 0.717) is 28.7 Å². The molecule has 0 aliphatic carbocycles. The van der Waals surface area contributed by atoms with Gasteiger partial charge in [-0.1, -0.05) is 71.5 Å². The minimum atomic E-state index is -5.22. The highest BCUT2D eigenvalue weighted by Crippen LogP contribution is 3.25. The van der Waals surface area contributed by atoms with Crippen LogP contribution >= 0.6 is 59.4 Å². The lowest BCUT2D eigenvalue weighted by atomic mass is 10.3. The van der Waals surface area contributed by atoms with Gasteiger partial charge in [0, 0.05) is 39.2 Å². The molecule has 7 aromatic rings. The maximum Gasteiger partial charge on any atom is 0.344 e. The summed E-state index contributed by atoms with van der Waals surface area (Å²) in [7, 11) is 6.42. The van der Waals surface area contributed by atoms with Gasteiger partial charge in [0.05, 0.1) is 33.0 Å². The van der Waals surface area contributed by atoms with Gasteiger partial charge in [-0.2, -0.15) is 0 Å². The number of benzene rings is 7. The van der Waals surface area contributed by atoms with Gasteiger partial charge in [0.2, 0.25) is 0 Å². The van der Waals surface area contributed by atoms with Gasteiger partial charge in [0.25, 0.3) is 0 Å². The minimum absolute atomic E-state index is 0.0127. The van der Waals surface area contributed by atoms with Crippen LogP contribution in [0.3, 0.4) is 0 Å². The number of phenolic OH excluding ortho intramolecular Hbond substituents is 1. The number of phenols is 1. The highest BCUT2D eigenvalue weighted by atomic mass is 34.1. The van der Waals surface area contributed by atoms with E-state index in [0.717, 1.165) is 39.2 Å². The first-order valence-electron chi connectivity index (χ1n) is 26.5. The second-order valence-corrected chi connectivity index (χ2v) is 40.1. The lowest BCUT2D eigenvalue weighted by Crippen LogP contribution is -2.24. The Labute approximate surface area is 506 Å². The normalized spacial score (nSPS) is 11.9. The summed E-state index contributed by atoms with van der Waals surface area (Å²) >= 11 is 1.51. The third-order valence-corrected chi connectivity index (χ3v) is 37.1. The summed E-state index contributed by atoms with van der Waals surface area (Å²) < 4.78 is 50.2. The number of aromatic hydroxyl groups is 1. The molecule has 22 heteroatoms. The zero-order valence-electron chi connectivity index (χ0n) is 46.8. The maximum atomic E-state index is 12.5. The van der Waals surface area contributed by atoms with E-state index >= 15 is 0 Å². The SMILES string of the molecule is CCOC(=O)COc1ccc(Sc2ccccc2S(Sc2ccc(OCC(=O)OCC)cc2)(Sc2ccc(OCC(=O)OCC)cc2)(Sc2ccc(OCC(=O)OCC)cc2)(Sc2ccc(OCC(=O)OCC)cc2)c2ccc(O)cc2)cc1. The average Bonchev–Trinajstić information content (AvgIpc) is 0.655. The summed E-state index contributed by atoms with van der Waals surface area (Å²) in [4.78, 5) is 68.7. The summed E-state index contributed by atoms with van der Waals surface area (Å²) in [5, 5.41) is 11.4. The van der Waals surface area contributed by atoms with Gasteiger partial charge in [-0.3, -0.25) is 0 Å². The van der Waals surface area contributed by atoms with Crippen molar-refractivity contribution in [2.24, 2.45) is 0 Å². The maximum absolute atomic E-state index is 12.5. The molecule has 0 unspecified atom stereocenters. The van der Waals surface area contributed by atoms with E-state index in [1.54, 1.807) is 151 Å². The van der Waals surface area contributed by atoms with Crippen molar-refractivity contribution in [3.05, 3.63) is 170 Å². The van der Waals surface area contributed by atoms with E-state index in [-0.39, 0.29) is 71.8 Å². The molecule has 444 valence electrons. The largest absolute Gasteiger partial charge is 0.508 e. The van der Waals surface area contributed by atoms with Gasteiger partial charge in [0.15, 0.2) is 33.0 Å². The van der Waals surface area contributed by atoms with Gasteiger partial charge < -0.3 is 52.5 Å². The van der Waals surface area contributed by atoms with Crippen LogP contribution in [0.1, 0.15) is 34.6 Å². The summed E-state index contributed by atoms with van der Waals surface area (Å²) in [6, 6.07) is 52.6. The van der Waals surface area contributed by atoms with Crippen molar-refractivity contribution in [1.82, 2.24) is 0 Å². The molecular formula is C62H64O16S6. The fraction of sp³-hybridized carbons (Fsp3) is 0.242. The van der Waals surface area contributed by atoms with Gasteiger partial charge in [-0.05, 0) is 192 Å². The third kappa shape index (κ3) is 16.8. The molecule has 0 saturated carbocycles. The van der Waals surface area contributed by atoms with Crippen molar-refractivity contribution in [3.8, 4) is 34.5 Å². The van der Waals surface area contributed by atoms with Gasteiger partial charge in [0.1, 0.15) is 34.5 Å². The molecular weight excluding hydrogens is 1190 g/mol. The molecule has 0 heterocycles. The van der Waals surface area contributed by atoms with Gasteiger partial charge in [-0.15, -0.1) is 0 Å². The predicted molar refractivity (Wildman–Crippen MR) is 329 cm³/mol. The van der Waals surface area contributed by atoms with Crippen molar-refractivity contribution in [1.29, 1.82) is 0 Å². The quantitative estimate of drug-likeness (QED) is 0.0237. The number of carbonyl (C=O) groups excluding carboxylic acids is 5. The molecule has 0 spiro atoms. The zero-order valence-corrected chi connectivity index (χ0v) is 51.7. The van der Waals surface area contributed by atoms with Crippen LogP contribution in [0, 0.1) is 0 Å². The molecule has 7 rings (SSSR count). The molecule has 7 aromatic carbocycles. The Morgan fingerprint density at radius 3 is 0.881 bits per heavy atom. The molecule has 1 N–H and O–H groups in total. The average molecular weight is 1260 g/mol. The Morgan fingerprint density at radius 1 is 0.345 bits per heavy atom. The number of ether oxygens (including phenoxy) is 10. The molecule has 0 bridgehead atoms. The highest BCUT2D eigenvalue weighted by Gasteiger charge is 2.69. The van der Waals surface area contributed by atoms with Crippen LogP contribution in [-0.2, 0) is 47.7 Å². The molecule has 0 saturated heterocycles. The molecule has 0 aliphatic rings. The first kappa shape index (κ1) is 64.4. The predicted octanol–water partition coefficient (Wildman–Crippen LogP) is 14.4. The highest BCUT2D eigenvalue weighted by molar-refractivity contribution is 9.81. The first-order valence-corrected chi connectivity index (χ1v) is 35.1. The number of esters is 5. The van der Waals surface area contributed by atoms with Crippen molar-refractivity contribution >= 4 is 89.2 Å². The summed E-state index contributed by atoms with van der Waals surface area (Å²) in [6.07, 6.45) is 0. The second kappa shape index (κ2) is 30.6. The Hall–Kier alpha value is -7.21. The van der Waals surface area contributed by atoms with E-state index in [1.807, 2.05) is 84.9 Å². The molecule has 0 radical (unpaired) electrons. The topological polar surface area (TPSA) is 198 Å². The molecule has 0 aromatic heterocycles. The first-order chi connectivity index (χ1) is 40.6. The van der Waals surface area contributed by atoms with E-state index in [4.69, 9.17) is 47.4 Å². The van der Waals surface area contributed by atoms with Crippen LogP contribution < -0.4 is 23.7 Å². The van der Waals surface area contributed by atoms with Gasteiger partial charge >= 0.3 is 29.8 Å². The monoisotopic (exact) mass is 1260 g/mol. The molecule has 16 nitrogen and oxygen atoms in total. The molecule has 0 aliphatic heterocycles. The molecule has 0 atom stereocenters. The molecule has 0 fully saturated rings. The van der Waals surface area contributed by atoms with Crippen LogP contribution in [0.4, 0.5) is 0 Å². The lowest BCUT2D eigenvalue weighted by molar-refractivity contribution is -0.146. The molecule has 84 heavy (non-hydrogen) atoms.